The summed E-state index contributed by atoms with van der Waals surface area (Å²) >= 11 is 0. The highest BCUT2D eigenvalue weighted by atomic mass is 16.2. The average Bonchev–Trinajstić information content (AvgIpc) is 3.43. The van der Waals surface area contributed by atoms with Crippen molar-refractivity contribution in [1.82, 2.24) is 16.0 Å². The molecule has 1 fully saturated rings. The van der Waals surface area contributed by atoms with Crippen molar-refractivity contribution in [3.8, 4) is 0 Å². The van der Waals surface area contributed by atoms with E-state index in [0.29, 0.717) is 31.3 Å². The Morgan fingerprint density at radius 3 is 2.38 bits per heavy atom. The molecule has 2 atom stereocenters. The van der Waals surface area contributed by atoms with Gasteiger partial charge in [-0.25, -0.2) is 4.79 Å². The predicted molar refractivity (Wildman–Crippen MR) is 104 cm³/mol. The van der Waals surface area contributed by atoms with E-state index in [9.17, 15) is 9.59 Å². The first kappa shape index (κ1) is 20.2. The van der Waals surface area contributed by atoms with Crippen LogP contribution in [0.4, 0.5) is 4.79 Å². The maximum Gasteiger partial charge on any atom is 0.315 e. The van der Waals surface area contributed by atoms with Crippen LogP contribution in [0.1, 0.15) is 44.2 Å². The topological polar surface area (TPSA) is 96.2 Å². The zero-order chi connectivity index (χ0) is 19.1. The lowest BCUT2D eigenvalue weighted by Crippen LogP contribution is -2.52. The number of carbonyl (C=O) groups is 2. The minimum Gasteiger partial charge on any atom is -0.353 e. The molecule has 3 amide bonds. The van der Waals surface area contributed by atoms with Gasteiger partial charge >= 0.3 is 6.03 Å². The molecule has 0 aliphatic heterocycles. The number of aryl methyl sites for hydroxylation is 1. The standard InChI is InChI=1S/C20H32N4O2/c1-13(2)10-18(19(25)22-12-17(21)16-8-9-16)24-20(26)23-11-15-6-4-14(3)5-7-15/h4-7,13,16-18H,8-12,21H2,1-3H3,(H,22,25)(H2,23,24,26). The van der Waals surface area contributed by atoms with Gasteiger partial charge in [0.25, 0.3) is 0 Å². The Hall–Kier alpha value is -2.08. The Morgan fingerprint density at radius 2 is 1.81 bits per heavy atom. The van der Waals surface area contributed by atoms with Crippen LogP contribution in [0.25, 0.3) is 0 Å². The van der Waals surface area contributed by atoms with Crippen molar-refractivity contribution >= 4 is 11.9 Å². The smallest absolute Gasteiger partial charge is 0.315 e. The van der Waals surface area contributed by atoms with Crippen molar-refractivity contribution in [1.29, 1.82) is 0 Å². The molecule has 0 saturated heterocycles. The third kappa shape index (κ3) is 7.04. The molecule has 144 valence electrons. The number of carbonyl (C=O) groups excluding carboxylic acids is 2. The molecule has 6 nitrogen and oxygen atoms in total. The van der Waals surface area contributed by atoms with E-state index in [0.717, 1.165) is 18.4 Å². The Labute approximate surface area is 156 Å². The lowest BCUT2D eigenvalue weighted by molar-refractivity contribution is -0.123. The van der Waals surface area contributed by atoms with Crippen LogP contribution in [-0.4, -0.2) is 30.6 Å². The van der Waals surface area contributed by atoms with Crippen LogP contribution < -0.4 is 21.7 Å². The number of amides is 3. The van der Waals surface area contributed by atoms with Crippen LogP contribution in [0.3, 0.4) is 0 Å². The zero-order valence-corrected chi connectivity index (χ0v) is 16.0. The van der Waals surface area contributed by atoms with Gasteiger partial charge in [0.15, 0.2) is 0 Å². The normalized spacial score (nSPS) is 16.0. The van der Waals surface area contributed by atoms with Gasteiger partial charge in [-0.3, -0.25) is 4.79 Å². The maximum atomic E-state index is 12.5. The Bertz CT molecular complexity index is 596. The predicted octanol–water partition coefficient (Wildman–Crippen LogP) is 2.06. The molecule has 0 spiro atoms. The molecule has 1 aliphatic carbocycles. The second-order valence-electron chi connectivity index (χ2n) is 7.74. The van der Waals surface area contributed by atoms with Gasteiger partial charge in [-0.05, 0) is 43.6 Å². The summed E-state index contributed by atoms with van der Waals surface area (Å²) in [6, 6.07) is 7.09. The average molecular weight is 361 g/mol. The first-order chi connectivity index (χ1) is 12.3. The minimum atomic E-state index is -0.556. The van der Waals surface area contributed by atoms with Crippen LogP contribution in [-0.2, 0) is 11.3 Å². The van der Waals surface area contributed by atoms with Gasteiger partial charge in [0.2, 0.25) is 5.91 Å². The van der Waals surface area contributed by atoms with E-state index >= 15 is 0 Å². The second-order valence-corrected chi connectivity index (χ2v) is 7.74. The van der Waals surface area contributed by atoms with Gasteiger partial charge in [-0.15, -0.1) is 0 Å². The van der Waals surface area contributed by atoms with Crippen LogP contribution in [0.2, 0.25) is 0 Å². The molecule has 0 radical (unpaired) electrons. The SMILES string of the molecule is Cc1ccc(CNC(=O)NC(CC(C)C)C(=O)NCC(N)C2CC2)cc1. The van der Waals surface area contributed by atoms with Gasteiger partial charge in [-0.2, -0.15) is 0 Å². The number of nitrogens with two attached hydrogens (primary N) is 1. The Balaban J connectivity index is 1.81. The summed E-state index contributed by atoms with van der Waals surface area (Å²) in [5.41, 5.74) is 8.23. The van der Waals surface area contributed by atoms with Crippen molar-refractivity contribution in [3.63, 3.8) is 0 Å². The number of rotatable bonds is 9. The quantitative estimate of drug-likeness (QED) is 0.543. The maximum absolute atomic E-state index is 12.5. The first-order valence-electron chi connectivity index (χ1n) is 9.48. The van der Waals surface area contributed by atoms with Gasteiger partial charge in [0.05, 0.1) is 0 Å². The van der Waals surface area contributed by atoms with Gasteiger partial charge < -0.3 is 21.7 Å². The molecule has 1 aliphatic rings. The molecule has 1 aromatic rings. The molecule has 1 aromatic carbocycles. The number of urea groups is 1. The van der Waals surface area contributed by atoms with Crippen molar-refractivity contribution < 1.29 is 9.59 Å². The Kier molecular flexibility index (Phi) is 7.45. The summed E-state index contributed by atoms with van der Waals surface area (Å²) in [5, 5.41) is 8.50. The largest absolute Gasteiger partial charge is 0.353 e. The summed E-state index contributed by atoms with van der Waals surface area (Å²) in [7, 11) is 0. The van der Waals surface area contributed by atoms with Crippen LogP contribution in [0.5, 0.6) is 0 Å². The second kappa shape index (κ2) is 9.57. The highest BCUT2D eigenvalue weighted by Crippen LogP contribution is 2.31. The molecule has 0 aromatic heterocycles. The lowest BCUT2D eigenvalue weighted by Gasteiger charge is -2.21. The summed E-state index contributed by atoms with van der Waals surface area (Å²) < 4.78 is 0. The molecule has 1 saturated carbocycles. The Morgan fingerprint density at radius 1 is 1.15 bits per heavy atom. The molecule has 6 heteroatoms. The van der Waals surface area contributed by atoms with Crippen molar-refractivity contribution in [3.05, 3.63) is 35.4 Å². The monoisotopic (exact) mass is 360 g/mol. The number of nitrogens with one attached hydrogen (secondary N) is 3. The lowest BCUT2D eigenvalue weighted by atomic mass is 10.0. The molecule has 26 heavy (non-hydrogen) atoms. The van der Waals surface area contributed by atoms with Gasteiger partial charge in [0.1, 0.15) is 6.04 Å². The molecule has 5 N–H and O–H groups in total. The fourth-order valence-corrected chi connectivity index (χ4v) is 2.83. The van der Waals surface area contributed by atoms with Gasteiger partial charge in [-0.1, -0.05) is 43.7 Å². The number of hydrogen-bond donors (Lipinski definition) is 4. The fraction of sp³-hybridized carbons (Fsp3) is 0.600. The van der Waals surface area contributed by atoms with E-state index in [4.69, 9.17) is 5.73 Å². The van der Waals surface area contributed by atoms with E-state index in [1.165, 1.54) is 5.56 Å². The van der Waals surface area contributed by atoms with E-state index in [1.54, 1.807) is 0 Å². The highest BCUT2D eigenvalue weighted by Gasteiger charge is 2.29. The molecule has 2 unspecified atom stereocenters. The molecular formula is C20H32N4O2. The van der Waals surface area contributed by atoms with Crippen molar-refractivity contribution in [2.45, 2.75) is 58.7 Å². The van der Waals surface area contributed by atoms with Crippen LogP contribution >= 0.6 is 0 Å². The zero-order valence-electron chi connectivity index (χ0n) is 16.0. The number of hydrogen-bond acceptors (Lipinski definition) is 3. The van der Waals surface area contributed by atoms with E-state index < -0.39 is 6.04 Å². The summed E-state index contributed by atoms with van der Waals surface area (Å²) in [5.74, 6) is 0.658. The molecule has 0 bridgehead atoms. The van der Waals surface area contributed by atoms with Crippen LogP contribution in [0, 0.1) is 18.8 Å². The molecule has 2 rings (SSSR count). The van der Waals surface area contributed by atoms with Crippen molar-refractivity contribution in [2.24, 2.45) is 17.6 Å². The number of benzene rings is 1. The summed E-state index contributed by atoms with van der Waals surface area (Å²) in [4.78, 5) is 24.7. The van der Waals surface area contributed by atoms with Crippen LogP contribution in [0.15, 0.2) is 24.3 Å². The minimum absolute atomic E-state index is 0.00835. The fourth-order valence-electron chi connectivity index (χ4n) is 2.83. The summed E-state index contributed by atoms with van der Waals surface area (Å²) in [6.45, 7) is 6.97. The van der Waals surface area contributed by atoms with E-state index in [2.05, 4.69) is 16.0 Å². The van der Waals surface area contributed by atoms with Gasteiger partial charge in [0, 0.05) is 19.1 Å². The third-order valence-electron chi connectivity index (χ3n) is 4.64. The highest BCUT2D eigenvalue weighted by molar-refractivity contribution is 5.87. The molecule has 0 heterocycles. The molecular weight excluding hydrogens is 328 g/mol. The summed E-state index contributed by atoms with van der Waals surface area (Å²) in [6.07, 6.45) is 2.88. The van der Waals surface area contributed by atoms with E-state index in [-0.39, 0.29) is 18.0 Å². The van der Waals surface area contributed by atoms with E-state index in [1.807, 2.05) is 45.0 Å². The van der Waals surface area contributed by atoms with Crippen molar-refractivity contribution in [2.75, 3.05) is 6.54 Å². The first-order valence-corrected chi connectivity index (χ1v) is 9.48. The third-order valence-corrected chi connectivity index (χ3v) is 4.64.